The summed E-state index contributed by atoms with van der Waals surface area (Å²) in [7, 11) is 0. The Kier molecular flexibility index (Phi) is 6.81. The van der Waals surface area contributed by atoms with Gasteiger partial charge >= 0.3 is 18.9 Å². The Morgan fingerprint density at radius 2 is 1.71 bits per heavy atom. The molecule has 0 aromatic carbocycles. The van der Waals surface area contributed by atoms with Crippen LogP contribution in [-0.2, 0) is 18.9 Å². The molecule has 2 rings (SSSR count). The minimum absolute atomic E-state index is 0. The predicted octanol–water partition coefficient (Wildman–Crippen LogP) is 0.157. The van der Waals surface area contributed by atoms with E-state index in [1.54, 1.807) is 0 Å². The Labute approximate surface area is 141 Å². The van der Waals surface area contributed by atoms with Gasteiger partial charge in [-0.1, -0.05) is 20.8 Å². The molecule has 4 nitrogen and oxygen atoms in total. The maximum Gasteiger partial charge on any atom is 1.00 e. The van der Waals surface area contributed by atoms with Gasteiger partial charge in [-0.25, -0.2) is 0 Å². The van der Waals surface area contributed by atoms with E-state index in [1.165, 1.54) is 0 Å². The molecule has 2 saturated heterocycles. The van der Waals surface area contributed by atoms with Crippen molar-refractivity contribution in [2.45, 2.75) is 84.5 Å². The fourth-order valence-corrected chi connectivity index (χ4v) is 3.77. The molecule has 2 fully saturated rings. The third-order valence-corrected chi connectivity index (χ3v) is 4.59. The second-order valence-corrected chi connectivity index (χ2v) is 6.46. The minimum atomic E-state index is -0.432. The first-order valence-corrected chi connectivity index (χ1v) is 7.76. The second kappa shape index (κ2) is 7.34. The van der Waals surface area contributed by atoms with Gasteiger partial charge in [0.2, 0.25) is 0 Å². The fourth-order valence-electron chi connectivity index (χ4n) is 3.77. The Morgan fingerprint density at radius 1 is 1.10 bits per heavy atom. The van der Waals surface area contributed by atoms with E-state index in [0.29, 0.717) is 0 Å². The van der Waals surface area contributed by atoms with E-state index in [-0.39, 0.29) is 61.6 Å². The average molecular weight is 292 g/mol. The summed E-state index contributed by atoms with van der Waals surface area (Å²) in [6.07, 6.45) is 0.575. The molecule has 0 spiro atoms. The number of rotatable bonds is 3. The van der Waals surface area contributed by atoms with Crippen LogP contribution < -0.4 is 18.9 Å². The van der Waals surface area contributed by atoms with E-state index >= 15 is 0 Å². The zero-order valence-electron chi connectivity index (χ0n) is 14.6. The first-order valence-electron chi connectivity index (χ1n) is 7.76. The van der Waals surface area contributed by atoms with Gasteiger partial charge in [-0.2, -0.15) is 0 Å². The van der Waals surface area contributed by atoms with Gasteiger partial charge in [-0.15, -0.1) is 5.92 Å². The van der Waals surface area contributed by atoms with Crippen LogP contribution in [0.3, 0.4) is 0 Å². The van der Waals surface area contributed by atoms with Crippen LogP contribution in [0.5, 0.6) is 0 Å². The molecule has 118 valence electrons. The van der Waals surface area contributed by atoms with Gasteiger partial charge in [0.25, 0.3) is 0 Å². The van der Waals surface area contributed by atoms with Crippen molar-refractivity contribution >= 4 is 0 Å². The first kappa shape index (κ1) is 19.5. The molecule has 2 heterocycles. The summed E-state index contributed by atoms with van der Waals surface area (Å²) in [5, 5.41) is 0. The molecule has 0 radical (unpaired) electrons. The Hall–Kier alpha value is 0.437. The summed E-state index contributed by atoms with van der Waals surface area (Å²) in [5.41, 5.74) is -0.432. The van der Waals surface area contributed by atoms with Crippen molar-refractivity contribution in [3.8, 4) is 0 Å². The van der Waals surface area contributed by atoms with Gasteiger partial charge in [0, 0.05) is 12.0 Å². The molecule has 21 heavy (non-hydrogen) atoms. The molecular formula is C16H29LiO4. The molecule has 5 heteroatoms. The van der Waals surface area contributed by atoms with Crippen molar-refractivity contribution < 1.29 is 37.8 Å². The van der Waals surface area contributed by atoms with Crippen molar-refractivity contribution in [2.24, 2.45) is 11.8 Å². The fraction of sp³-hybridized carbons (Fsp3) is 0.938. The van der Waals surface area contributed by atoms with Crippen molar-refractivity contribution in [3.63, 3.8) is 0 Å². The molecule has 0 amide bonds. The molecule has 0 aromatic rings. The molecule has 0 unspecified atom stereocenters. The normalized spacial score (nSPS) is 48.7. The largest absolute Gasteiger partial charge is 1.00 e. The van der Waals surface area contributed by atoms with Crippen LogP contribution in [0.15, 0.2) is 0 Å². The standard InChI is InChI=1S/C16H29O4.Li/c1-8-13-16(7,20-12(6)17-13)15-10(4)14(9(2)3)18-11(5)19-15;/h9-15H,2,8H2,1,3-7H3;/q-1;+1/t9-,10-,11+,12-,13-,14+,15-,16+;/m0./s1. The summed E-state index contributed by atoms with van der Waals surface area (Å²) in [6, 6.07) is 0. The van der Waals surface area contributed by atoms with Crippen molar-refractivity contribution in [1.29, 1.82) is 0 Å². The zero-order valence-corrected chi connectivity index (χ0v) is 14.6. The van der Waals surface area contributed by atoms with Gasteiger partial charge in [-0.05, 0) is 27.2 Å². The monoisotopic (exact) mass is 292 g/mol. The molecule has 2 aliphatic heterocycles. The van der Waals surface area contributed by atoms with E-state index in [1.807, 2.05) is 13.8 Å². The molecule has 0 aliphatic carbocycles. The van der Waals surface area contributed by atoms with Gasteiger partial charge in [-0.3, -0.25) is 0 Å². The Bertz CT molecular complexity index is 338. The van der Waals surface area contributed by atoms with Crippen LogP contribution in [0.4, 0.5) is 0 Å². The molecule has 0 saturated carbocycles. The summed E-state index contributed by atoms with van der Waals surface area (Å²) >= 11 is 0. The van der Waals surface area contributed by atoms with Crippen molar-refractivity contribution in [2.75, 3.05) is 0 Å². The van der Waals surface area contributed by atoms with Crippen LogP contribution in [0.2, 0.25) is 0 Å². The number of hydrogen-bond acceptors (Lipinski definition) is 4. The van der Waals surface area contributed by atoms with Gasteiger partial charge < -0.3 is 25.9 Å². The topological polar surface area (TPSA) is 36.9 Å². The van der Waals surface area contributed by atoms with Gasteiger partial charge in [0.1, 0.15) is 5.60 Å². The Morgan fingerprint density at radius 3 is 2.24 bits per heavy atom. The van der Waals surface area contributed by atoms with E-state index in [2.05, 4.69) is 34.6 Å². The quantitative estimate of drug-likeness (QED) is 0.548. The molecular weight excluding hydrogens is 263 g/mol. The van der Waals surface area contributed by atoms with E-state index in [4.69, 9.17) is 18.9 Å². The van der Waals surface area contributed by atoms with Crippen molar-refractivity contribution in [3.05, 3.63) is 6.92 Å². The van der Waals surface area contributed by atoms with Crippen LogP contribution in [-0.4, -0.2) is 36.5 Å². The molecule has 0 N–H and O–H groups in total. The van der Waals surface area contributed by atoms with Crippen LogP contribution in [0, 0.1) is 18.8 Å². The summed E-state index contributed by atoms with van der Waals surface area (Å²) in [6.45, 7) is 16.5. The smallest absolute Gasteiger partial charge is 0.352 e. The summed E-state index contributed by atoms with van der Waals surface area (Å²) in [4.78, 5) is 0. The number of ether oxygens (including phenoxy) is 4. The van der Waals surface area contributed by atoms with E-state index in [0.717, 1.165) is 6.42 Å². The SMILES string of the molecule is [CH2-][C@@H](C)[C@H]1O[C@@H](C)O[C@H]([C@]2(C)O[C@@H](C)O[C@H]2CC)[C@H]1C.[Li+]. The van der Waals surface area contributed by atoms with Crippen LogP contribution in [0.25, 0.3) is 0 Å². The summed E-state index contributed by atoms with van der Waals surface area (Å²) < 4.78 is 24.0. The van der Waals surface area contributed by atoms with Crippen molar-refractivity contribution in [1.82, 2.24) is 0 Å². The van der Waals surface area contributed by atoms with Crippen LogP contribution in [0.1, 0.15) is 48.0 Å². The van der Waals surface area contributed by atoms with E-state index < -0.39 is 5.60 Å². The Balaban J connectivity index is 0.00000220. The third-order valence-electron chi connectivity index (χ3n) is 4.59. The molecule has 0 bridgehead atoms. The maximum atomic E-state index is 6.12. The van der Waals surface area contributed by atoms with Crippen LogP contribution >= 0.6 is 0 Å². The maximum absolute atomic E-state index is 6.12. The second-order valence-electron chi connectivity index (χ2n) is 6.46. The first-order chi connectivity index (χ1) is 9.29. The number of hydrogen-bond donors (Lipinski definition) is 0. The zero-order chi connectivity index (χ0) is 15.1. The molecule has 8 atom stereocenters. The predicted molar refractivity (Wildman–Crippen MR) is 77.0 cm³/mol. The van der Waals surface area contributed by atoms with Gasteiger partial charge in [0.05, 0.1) is 12.2 Å². The van der Waals surface area contributed by atoms with E-state index in [9.17, 15) is 0 Å². The third kappa shape index (κ3) is 3.68. The molecule has 2 aliphatic rings. The van der Waals surface area contributed by atoms with Gasteiger partial charge in [0.15, 0.2) is 12.6 Å². The summed E-state index contributed by atoms with van der Waals surface area (Å²) in [5.74, 6) is 0.425. The minimum Gasteiger partial charge on any atom is -0.352 e. The average Bonchev–Trinajstić information content (AvgIpc) is 2.67. The molecule has 0 aromatic heterocycles.